The fourth-order valence-electron chi connectivity index (χ4n) is 2.33. The van der Waals surface area contributed by atoms with Gasteiger partial charge >= 0.3 is 0 Å². The van der Waals surface area contributed by atoms with Gasteiger partial charge in [-0.05, 0) is 23.8 Å². The lowest BCUT2D eigenvalue weighted by Crippen LogP contribution is -2.39. The third-order valence-electron chi connectivity index (χ3n) is 3.46. The van der Waals surface area contributed by atoms with Crippen LogP contribution in [0.4, 0.5) is 8.78 Å². The molecule has 0 amide bonds. The van der Waals surface area contributed by atoms with E-state index in [4.69, 9.17) is 5.73 Å². The number of aliphatic hydroxyl groups is 1. The Morgan fingerprint density at radius 1 is 1.17 bits per heavy atom. The summed E-state index contributed by atoms with van der Waals surface area (Å²) in [5, 5.41) is 16.3. The summed E-state index contributed by atoms with van der Waals surface area (Å²) in [6, 6.07) is 11.0. The number of hydrogen-bond donors (Lipinski definition) is 2. The third kappa shape index (κ3) is 3.54. The van der Waals surface area contributed by atoms with E-state index >= 15 is 0 Å². The van der Waals surface area contributed by atoms with E-state index in [1.165, 1.54) is 53.7 Å². The zero-order valence-corrected chi connectivity index (χ0v) is 12.4. The van der Waals surface area contributed by atoms with Crippen LogP contribution >= 0.6 is 0 Å². The molecular weight excluding hydrogens is 300 g/mol. The molecular formula is C17H17F2N3O. The normalized spacial score (nSPS) is 13.7. The van der Waals surface area contributed by atoms with E-state index in [9.17, 15) is 13.9 Å². The van der Waals surface area contributed by atoms with Crippen molar-refractivity contribution < 1.29 is 13.9 Å². The van der Waals surface area contributed by atoms with Gasteiger partial charge in [-0.3, -0.25) is 5.01 Å². The van der Waals surface area contributed by atoms with E-state index in [0.29, 0.717) is 5.56 Å². The zero-order valence-electron chi connectivity index (χ0n) is 12.4. The minimum absolute atomic E-state index is 0.0469. The number of hydrogen-bond acceptors (Lipinski definition) is 3. The van der Waals surface area contributed by atoms with Crippen LogP contribution in [0.25, 0.3) is 0 Å². The highest BCUT2D eigenvalue weighted by atomic mass is 19.1. The van der Waals surface area contributed by atoms with Gasteiger partial charge in [0, 0.05) is 11.8 Å². The van der Waals surface area contributed by atoms with Crippen LogP contribution in [-0.2, 0) is 5.60 Å². The predicted molar refractivity (Wildman–Crippen MR) is 85.4 cm³/mol. The molecule has 0 aliphatic heterocycles. The number of nitrogens with two attached hydrogens (primary N) is 1. The molecule has 23 heavy (non-hydrogen) atoms. The molecule has 0 aliphatic rings. The number of halogens is 2. The Balaban J connectivity index is 2.56. The Bertz CT molecular complexity index is 703. The van der Waals surface area contributed by atoms with E-state index in [0.717, 1.165) is 6.34 Å². The van der Waals surface area contributed by atoms with Gasteiger partial charge in [0.1, 0.15) is 23.6 Å². The molecule has 0 heterocycles. The smallest absolute Gasteiger partial charge is 0.137 e. The fourth-order valence-corrected chi connectivity index (χ4v) is 2.33. The maximum absolute atomic E-state index is 14.2. The monoisotopic (exact) mass is 317 g/mol. The van der Waals surface area contributed by atoms with E-state index in [1.807, 2.05) is 0 Å². The first-order valence-electron chi connectivity index (χ1n) is 6.88. The van der Waals surface area contributed by atoms with Crippen LogP contribution in [0.2, 0.25) is 0 Å². The van der Waals surface area contributed by atoms with Crippen LogP contribution in [0.5, 0.6) is 0 Å². The van der Waals surface area contributed by atoms with Gasteiger partial charge in [0.2, 0.25) is 0 Å². The van der Waals surface area contributed by atoms with Crippen LogP contribution in [0.3, 0.4) is 0 Å². The minimum Gasteiger partial charge on any atom is -0.388 e. The second-order valence-corrected chi connectivity index (χ2v) is 4.89. The van der Waals surface area contributed by atoms with Gasteiger partial charge in [-0.2, -0.15) is 5.10 Å². The van der Waals surface area contributed by atoms with Crippen LogP contribution in [0.1, 0.15) is 11.1 Å². The molecule has 0 bridgehead atoms. The first kappa shape index (κ1) is 16.6. The summed E-state index contributed by atoms with van der Waals surface area (Å²) in [5.74, 6) is -1.04. The van der Waals surface area contributed by atoms with Gasteiger partial charge in [-0.25, -0.2) is 8.78 Å². The van der Waals surface area contributed by atoms with E-state index < -0.39 is 17.2 Å². The van der Waals surface area contributed by atoms with E-state index in [-0.39, 0.29) is 12.1 Å². The Hall–Kier alpha value is -2.73. The Morgan fingerprint density at radius 3 is 2.39 bits per heavy atom. The molecule has 0 saturated carbocycles. The van der Waals surface area contributed by atoms with Crippen molar-refractivity contribution in [2.45, 2.75) is 5.60 Å². The summed E-state index contributed by atoms with van der Waals surface area (Å²) in [6.07, 6.45) is 2.38. The molecule has 0 saturated heterocycles. The summed E-state index contributed by atoms with van der Waals surface area (Å²) in [6.45, 7) is 3.44. The summed E-state index contributed by atoms with van der Waals surface area (Å²) in [7, 11) is 0. The van der Waals surface area contributed by atoms with Gasteiger partial charge in [-0.15, -0.1) is 0 Å². The molecule has 3 N–H and O–H groups in total. The lowest BCUT2D eigenvalue weighted by atomic mass is 9.85. The van der Waals surface area contributed by atoms with Crippen molar-refractivity contribution in [1.82, 2.24) is 5.01 Å². The molecule has 2 rings (SSSR count). The first-order valence-corrected chi connectivity index (χ1v) is 6.88. The molecule has 1 atom stereocenters. The standard InChI is InChI=1S/C17H17F2N3O/c1-2-22(21-12-20)11-17(23,13-7-9-14(18)10-8-13)15-5-3-4-6-16(15)19/h2-10,12,23H,1,11H2,(H2,20,21). The molecule has 0 aliphatic carbocycles. The zero-order chi connectivity index (χ0) is 16.9. The largest absolute Gasteiger partial charge is 0.388 e. The molecule has 0 fully saturated rings. The predicted octanol–water partition coefficient (Wildman–Crippen LogP) is 2.55. The molecule has 0 aromatic heterocycles. The highest BCUT2D eigenvalue weighted by molar-refractivity contribution is 5.50. The summed E-state index contributed by atoms with van der Waals surface area (Å²) >= 11 is 0. The second kappa shape index (κ2) is 7.02. The van der Waals surface area contributed by atoms with Crippen LogP contribution in [0.15, 0.2) is 66.4 Å². The molecule has 6 heteroatoms. The average Bonchev–Trinajstić information content (AvgIpc) is 2.55. The molecule has 0 spiro atoms. The number of rotatable bonds is 6. The quantitative estimate of drug-likeness (QED) is 0.489. The van der Waals surface area contributed by atoms with Crippen molar-refractivity contribution in [3.63, 3.8) is 0 Å². The molecule has 120 valence electrons. The van der Waals surface area contributed by atoms with Gasteiger partial charge in [0.25, 0.3) is 0 Å². The lowest BCUT2D eigenvalue weighted by molar-refractivity contribution is 0.0477. The van der Waals surface area contributed by atoms with Crippen molar-refractivity contribution in [3.8, 4) is 0 Å². The Labute approximate surface area is 133 Å². The van der Waals surface area contributed by atoms with Gasteiger partial charge in [0.15, 0.2) is 0 Å². The third-order valence-corrected chi connectivity index (χ3v) is 3.46. The van der Waals surface area contributed by atoms with Crippen molar-refractivity contribution in [2.75, 3.05) is 6.54 Å². The minimum atomic E-state index is -1.76. The summed E-state index contributed by atoms with van der Waals surface area (Å²) < 4.78 is 27.4. The van der Waals surface area contributed by atoms with E-state index in [1.54, 1.807) is 6.07 Å². The highest BCUT2D eigenvalue weighted by Gasteiger charge is 2.35. The van der Waals surface area contributed by atoms with Crippen molar-refractivity contribution in [2.24, 2.45) is 10.8 Å². The topological polar surface area (TPSA) is 61.8 Å². The molecule has 1 unspecified atom stereocenters. The summed E-state index contributed by atoms with van der Waals surface area (Å²) in [5.41, 5.74) is 3.87. The maximum atomic E-state index is 14.2. The fraction of sp³-hybridized carbons (Fsp3) is 0.118. The average molecular weight is 317 g/mol. The second-order valence-electron chi connectivity index (χ2n) is 4.89. The van der Waals surface area contributed by atoms with Crippen molar-refractivity contribution in [3.05, 3.63) is 84.1 Å². The van der Waals surface area contributed by atoms with Crippen LogP contribution in [0, 0.1) is 11.6 Å². The molecule has 2 aromatic rings. The van der Waals surface area contributed by atoms with Gasteiger partial charge < -0.3 is 10.8 Å². The van der Waals surface area contributed by atoms with Crippen LogP contribution < -0.4 is 5.73 Å². The Kier molecular flexibility index (Phi) is 5.08. The Morgan fingerprint density at radius 2 is 1.83 bits per heavy atom. The number of benzene rings is 2. The number of nitrogens with zero attached hydrogens (tertiary/aromatic N) is 2. The molecule has 2 aromatic carbocycles. The SMILES string of the molecule is C=CN(CC(O)(c1ccc(F)cc1)c1ccccc1F)/N=C\N. The maximum Gasteiger partial charge on any atom is 0.137 e. The molecule has 0 radical (unpaired) electrons. The van der Waals surface area contributed by atoms with E-state index in [2.05, 4.69) is 11.7 Å². The summed E-state index contributed by atoms with van der Waals surface area (Å²) in [4.78, 5) is 0. The highest BCUT2D eigenvalue weighted by Crippen LogP contribution is 2.32. The first-order chi connectivity index (χ1) is 11.0. The lowest BCUT2D eigenvalue weighted by Gasteiger charge is -2.32. The van der Waals surface area contributed by atoms with Crippen LogP contribution in [-0.4, -0.2) is 23.0 Å². The van der Waals surface area contributed by atoms with Crippen molar-refractivity contribution >= 4 is 6.34 Å². The van der Waals surface area contributed by atoms with Gasteiger partial charge in [-0.1, -0.05) is 36.9 Å². The van der Waals surface area contributed by atoms with Crippen molar-refractivity contribution in [1.29, 1.82) is 0 Å². The molecule has 4 nitrogen and oxygen atoms in total. The number of hydrazone groups is 1. The van der Waals surface area contributed by atoms with Gasteiger partial charge in [0.05, 0.1) is 6.54 Å².